The molecule has 0 aliphatic rings. The number of nitrogens with one attached hydrogen (secondary N) is 2. The van der Waals surface area contributed by atoms with Gasteiger partial charge in [0.2, 0.25) is 0 Å². The fourth-order valence-corrected chi connectivity index (χ4v) is 3.92. The topological polar surface area (TPSA) is 91.7 Å². The average Bonchev–Trinajstić information content (AvgIpc) is 3.30. The molecular weight excluding hydrogens is 410 g/mol. The van der Waals surface area contributed by atoms with E-state index in [-0.39, 0.29) is 0 Å². The minimum atomic E-state index is 0.702. The van der Waals surface area contributed by atoms with Crippen LogP contribution in [0.5, 0.6) is 0 Å². The van der Waals surface area contributed by atoms with E-state index in [4.69, 9.17) is 4.98 Å². The lowest BCUT2D eigenvalue weighted by Gasteiger charge is -2.11. The smallest absolute Gasteiger partial charge is 0.157 e. The van der Waals surface area contributed by atoms with E-state index in [2.05, 4.69) is 61.4 Å². The van der Waals surface area contributed by atoms with Crippen LogP contribution in [0.25, 0.3) is 33.3 Å². The molecule has 1 aromatic carbocycles. The lowest BCUT2D eigenvalue weighted by Crippen LogP contribution is -2.08. The van der Waals surface area contributed by atoms with E-state index in [0.717, 1.165) is 55.8 Å². The maximum Gasteiger partial charge on any atom is 0.157 e. The highest BCUT2D eigenvalue weighted by Gasteiger charge is 2.17. The second-order valence-electron chi connectivity index (χ2n) is 7.72. The van der Waals surface area contributed by atoms with Crippen molar-refractivity contribution < 1.29 is 0 Å². The molecule has 2 N–H and O–H groups in total. The molecule has 4 heterocycles. The van der Waals surface area contributed by atoms with Gasteiger partial charge in [-0.25, -0.2) is 4.98 Å². The van der Waals surface area contributed by atoms with Crippen LogP contribution in [0.1, 0.15) is 17.0 Å². The third kappa shape index (κ3) is 3.85. The first-order valence-corrected chi connectivity index (χ1v) is 10.6. The van der Waals surface area contributed by atoms with Gasteiger partial charge in [0.05, 0.1) is 17.4 Å². The number of fused-ring (bicyclic) bond motifs is 1. The number of aryl methyl sites for hydroxylation is 1. The number of imidazole rings is 1. The molecule has 4 aromatic heterocycles. The number of pyridine rings is 3. The SMILES string of the molecule is CN=C(c1nc2c(-c3cccnc3)cncc2[nH]1)c1cc(-c2cncc(NC)c2)ccc1C. The molecule has 0 saturated heterocycles. The molecule has 7 nitrogen and oxygen atoms in total. The number of aromatic nitrogens is 5. The fraction of sp³-hybridized carbons (Fsp3) is 0.115. The summed E-state index contributed by atoms with van der Waals surface area (Å²) in [5.74, 6) is 0.702. The summed E-state index contributed by atoms with van der Waals surface area (Å²) in [5, 5.41) is 3.14. The molecule has 0 spiro atoms. The van der Waals surface area contributed by atoms with Gasteiger partial charge in [-0.05, 0) is 36.2 Å². The normalized spacial score (nSPS) is 11.7. The number of aliphatic imine (C=N–C) groups is 1. The quantitative estimate of drug-likeness (QED) is 0.385. The Labute approximate surface area is 191 Å². The Balaban J connectivity index is 1.61. The molecule has 7 heteroatoms. The molecule has 5 aromatic rings. The molecule has 0 aliphatic heterocycles. The van der Waals surface area contributed by atoms with Crippen LogP contribution in [0.4, 0.5) is 5.69 Å². The fourth-order valence-electron chi connectivity index (χ4n) is 3.92. The van der Waals surface area contributed by atoms with E-state index in [9.17, 15) is 0 Å². The van der Waals surface area contributed by atoms with Gasteiger partial charge in [-0.15, -0.1) is 0 Å². The molecule has 0 bridgehead atoms. The zero-order valence-corrected chi connectivity index (χ0v) is 18.7. The first-order valence-electron chi connectivity index (χ1n) is 10.6. The maximum absolute atomic E-state index is 4.93. The predicted molar refractivity (Wildman–Crippen MR) is 133 cm³/mol. The third-order valence-electron chi connectivity index (χ3n) is 5.67. The van der Waals surface area contributed by atoms with Gasteiger partial charge in [-0.3, -0.25) is 19.9 Å². The van der Waals surface area contributed by atoms with Gasteiger partial charge in [0.25, 0.3) is 0 Å². The number of nitrogens with zero attached hydrogens (tertiary/aromatic N) is 5. The molecule has 0 amide bonds. The summed E-state index contributed by atoms with van der Waals surface area (Å²) in [6.45, 7) is 2.08. The Morgan fingerprint density at radius 3 is 2.55 bits per heavy atom. The first-order chi connectivity index (χ1) is 16.2. The van der Waals surface area contributed by atoms with E-state index in [1.54, 1.807) is 25.6 Å². The van der Waals surface area contributed by atoms with Crippen LogP contribution in [0.3, 0.4) is 0 Å². The van der Waals surface area contributed by atoms with E-state index in [1.807, 2.05) is 37.8 Å². The molecule has 5 rings (SSSR count). The summed E-state index contributed by atoms with van der Waals surface area (Å²) in [5.41, 5.74) is 9.58. The average molecular weight is 434 g/mol. The van der Waals surface area contributed by atoms with Crippen molar-refractivity contribution in [2.75, 3.05) is 19.4 Å². The molecular formula is C26H23N7. The zero-order chi connectivity index (χ0) is 22.8. The number of aromatic amines is 1. The molecule has 0 saturated carbocycles. The Kier molecular flexibility index (Phi) is 5.36. The van der Waals surface area contributed by atoms with E-state index in [0.29, 0.717) is 5.82 Å². The number of hydrogen-bond acceptors (Lipinski definition) is 6. The van der Waals surface area contributed by atoms with Crippen LogP contribution < -0.4 is 5.32 Å². The number of hydrogen-bond donors (Lipinski definition) is 2. The zero-order valence-electron chi connectivity index (χ0n) is 18.7. The monoisotopic (exact) mass is 433 g/mol. The third-order valence-corrected chi connectivity index (χ3v) is 5.67. The highest BCUT2D eigenvalue weighted by Crippen LogP contribution is 2.28. The molecule has 0 atom stereocenters. The minimum Gasteiger partial charge on any atom is -0.387 e. The largest absolute Gasteiger partial charge is 0.387 e. The van der Waals surface area contributed by atoms with Crippen molar-refractivity contribution in [1.29, 1.82) is 0 Å². The van der Waals surface area contributed by atoms with E-state index in [1.165, 1.54) is 0 Å². The Hall–Kier alpha value is -4.39. The highest BCUT2D eigenvalue weighted by molar-refractivity contribution is 6.13. The van der Waals surface area contributed by atoms with Crippen molar-refractivity contribution in [2.45, 2.75) is 6.92 Å². The van der Waals surface area contributed by atoms with Crippen LogP contribution in [0.2, 0.25) is 0 Å². The van der Waals surface area contributed by atoms with Gasteiger partial charge in [-0.1, -0.05) is 18.2 Å². The molecule has 162 valence electrons. The maximum atomic E-state index is 4.93. The second-order valence-corrected chi connectivity index (χ2v) is 7.72. The van der Waals surface area contributed by atoms with Crippen LogP contribution in [-0.4, -0.2) is 44.7 Å². The van der Waals surface area contributed by atoms with Gasteiger partial charge in [-0.2, -0.15) is 0 Å². The van der Waals surface area contributed by atoms with Gasteiger partial charge >= 0.3 is 0 Å². The highest BCUT2D eigenvalue weighted by atomic mass is 15.0. The standard InChI is InChI=1S/C26H23N7/c1-16-6-7-17(19-9-20(27-2)13-30-12-19)10-21(16)25(28-3)26-32-23-15-31-14-22(24(23)33-26)18-5-4-8-29-11-18/h4-15,27H,1-3H3,(H,32,33). The lowest BCUT2D eigenvalue weighted by atomic mass is 9.97. The first kappa shape index (κ1) is 20.5. The van der Waals surface area contributed by atoms with E-state index < -0.39 is 0 Å². The molecule has 0 radical (unpaired) electrons. The lowest BCUT2D eigenvalue weighted by molar-refractivity contribution is 1.25. The Morgan fingerprint density at radius 1 is 0.909 bits per heavy atom. The van der Waals surface area contributed by atoms with Crippen LogP contribution in [0, 0.1) is 6.92 Å². The van der Waals surface area contributed by atoms with Crippen molar-refractivity contribution >= 4 is 22.4 Å². The van der Waals surface area contributed by atoms with Gasteiger partial charge in [0.15, 0.2) is 5.82 Å². The molecule has 0 aliphatic carbocycles. The number of rotatable bonds is 5. The number of H-pyrrole nitrogens is 1. The molecule has 0 unspecified atom stereocenters. The molecule has 33 heavy (non-hydrogen) atoms. The van der Waals surface area contributed by atoms with Crippen LogP contribution in [-0.2, 0) is 0 Å². The van der Waals surface area contributed by atoms with E-state index >= 15 is 0 Å². The predicted octanol–water partition coefficient (Wildman–Crippen LogP) is 4.90. The van der Waals surface area contributed by atoms with Crippen LogP contribution in [0.15, 0.2) is 78.6 Å². The second kappa shape index (κ2) is 8.63. The number of anilines is 1. The van der Waals surface area contributed by atoms with Crippen molar-refractivity contribution in [1.82, 2.24) is 24.9 Å². The van der Waals surface area contributed by atoms with Crippen LogP contribution >= 0.6 is 0 Å². The Morgan fingerprint density at radius 2 is 1.76 bits per heavy atom. The van der Waals surface area contributed by atoms with Gasteiger partial charge < -0.3 is 10.3 Å². The van der Waals surface area contributed by atoms with Crippen molar-refractivity contribution in [3.8, 4) is 22.3 Å². The van der Waals surface area contributed by atoms with Gasteiger partial charge in [0.1, 0.15) is 11.2 Å². The Bertz CT molecular complexity index is 1470. The summed E-state index contributed by atoms with van der Waals surface area (Å²) in [6, 6.07) is 12.3. The summed E-state index contributed by atoms with van der Waals surface area (Å²) >= 11 is 0. The summed E-state index contributed by atoms with van der Waals surface area (Å²) < 4.78 is 0. The minimum absolute atomic E-state index is 0.702. The van der Waals surface area contributed by atoms with Crippen molar-refractivity contribution in [3.05, 3.63) is 90.5 Å². The number of benzene rings is 1. The van der Waals surface area contributed by atoms with Gasteiger partial charge in [0, 0.05) is 67.3 Å². The summed E-state index contributed by atoms with van der Waals surface area (Å²) in [7, 11) is 3.68. The summed E-state index contributed by atoms with van der Waals surface area (Å²) in [6.07, 6.45) is 10.9. The molecule has 0 fully saturated rings. The van der Waals surface area contributed by atoms with Crippen molar-refractivity contribution in [3.63, 3.8) is 0 Å². The summed E-state index contributed by atoms with van der Waals surface area (Å²) in [4.78, 5) is 25.9. The van der Waals surface area contributed by atoms with Crippen molar-refractivity contribution in [2.24, 2.45) is 4.99 Å².